The van der Waals surface area contributed by atoms with Crippen molar-refractivity contribution in [1.29, 1.82) is 0 Å². The largest absolute Gasteiger partial charge is 0.393 e. The average Bonchev–Trinajstić information content (AvgIpc) is 2.93. The molecule has 1 aliphatic heterocycles. The van der Waals surface area contributed by atoms with Crippen molar-refractivity contribution in [3.8, 4) is 0 Å². The number of hydrogen-bond acceptors (Lipinski definition) is 3. The quantitative estimate of drug-likeness (QED) is 0.164. The van der Waals surface area contributed by atoms with E-state index in [1.807, 2.05) is 12.1 Å². The predicted molar refractivity (Wildman–Crippen MR) is 180 cm³/mol. The van der Waals surface area contributed by atoms with Crippen molar-refractivity contribution in [1.82, 2.24) is 4.90 Å². The van der Waals surface area contributed by atoms with Crippen LogP contribution in [-0.2, 0) is 11.2 Å². The number of nitrogens with zero attached hydrogens (tertiary/aromatic N) is 2. The molecule has 0 amide bonds. The number of rotatable bonds is 17. The third-order valence-corrected chi connectivity index (χ3v) is 7.86. The first-order valence-electron chi connectivity index (χ1n) is 17.3. The van der Waals surface area contributed by atoms with Gasteiger partial charge in [0.15, 0.2) is 0 Å². The zero-order chi connectivity index (χ0) is 31.9. The first-order chi connectivity index (χ1) is 20.7. The van der Waals surface area contributed by atoms with E-state index in [1.54, 1.807) is 12.1 Å². The lowest BCUT2D eigenvalue weighted by Crippen LogP contribution is -2.32. The number of unbranched alkanes of at least 4 members (excludes halogenated alkanes) is 4. The molecule has 1 aromatic rings. The summed E-state index contributed by atoms with van der Waals surface area (Å²) in [7, 11) is 0. The van der Waals surface area contributed by atoms with Crippen LogP contribution in [0.15, 0.2) is 47.7 Å². The van der Waals surface area contributed by atoms with Gasteiger partial charge in [-0.25, -0.2) is 0 Å². The monoisotopic (exact) mass is 608 g/mol. The van der Waals surface area contributed by atoms with Gasteiger partial charge < -0.3 is 14.5 Å². The van der Waals surface area contributed by atoms with E-state index in [0.29, 0.717) is 11.5 Å². The Morgan fingerprint density at radius 1 is 0.791 bits per heavy atom. The Morgan fingerprint density at radius 3 is 1.93 bits per heavy atom. The van der Waals surface area contributed by atoms with E-state index in [0.717, 1.165) is 31.9 Å². The molecule has 6 heteroatoms. The molecule has 1 aromatic carbocycles. The maximum absolute atomic E-state index is 12.4. The number of ether oxygens (including phenoxy) is 1. The number of hydrogen-bond donors (Lipinski definition) is 0. The number of anilines is 1. The molecule has 0 spiro atoms. The smallest absolute Gasteiger partial charge is 0.381 e. The Labute approximate surface area is 262 Å². The first-order valence-corrected chi connectivity index (χ1v) is 17.3. The SMILES string of the molecule is CC1=CCN(c2ccc(CC(F)(F)F)cc2)C(C2CCC2)=C1.CCCCCN(CCC)CCC.CCCCCOCCC. The molecule has 3 rings (SSSR count). The second-order valence-corrected chi connectivity index (χ2v) is 12.1. The van der Waals surface area contributed by atoms with Gasteiger partial charge in [-0.2, -0.15) is 13.2 Å². The van der Waals surface area contributed by atoms with E-state index in [-0.39, 0.29) is 0 Å². The Balaban J connectivity index is 0.000000373. The zero-order valence-electron chi connectivity index (χ0n) is 28.4. The van der Waals surface area contributed by atoms with Gasteiger partial charge in [-0.15, -0.1) is 0 Å². The molecule has 1 fully saturated rings. The van der Waals surface area contributed by atoms with Crippen molar-refractivity contribution in [2.24, 2.45) is 5.92 Å². The van der Waals surface area contributed by atoms with Gasteiger partial charge in [0.25, 0.3) is 0 Å². The summed E-state index contributed by atoms with van der Waals surface area (Å²) in [5, 5.41) is 0. The van der Waals surface area contributed by atoms with Crippen molar-refractivity contribution in [3.63, 3.8) is 0 Å². The molecular weight excluding hydrogens is 545 g/mol. The molecule has 2 aliphatic rings. The molecule has 0 saturated heterocycles. The minimum Gasteiger partial charge on any atom is -0.381 e. The third kappa shape index (κ3) is 17.9. The third-order valence-electron chi connectivity index (χ3n) is 7.86. The van der Waals surface area contributed by atoms with Crippen LogP contribution in [0.2, 0.25) is 0 Å². The van der Waals surface area contributed by atoms with E-state index in [1.165, 1.54) is 102 Å². The molecule has 0 N–H and O–H groups in total. The lowest BCUT2D eigenvalue weighted by atomic mass is 9.81. The second-order valence-electron chi connectivity index (χ2n) is 12.1. The lowest BCUT2D eigenvalue weighted by Gasteiger charge is -2.38. The van der Waals surface area contributed by atoms with Crippen LogP contribution in [0.1, 0.15) is 124 Å². The summed E-state index contributed by atoms with van der Waals surface area (Å²) in [6, 6.07) is 6.79. The standard InChI is InChI=1S/C18H20F3N.C11H25N.C8H18O/c1-13-9-10-22(17(11-13)15-3-2-4-15)16-7-5-14(6-8-16)12-18(19,20)21;1-4-7-8-11-12(9-5-2)10-6-3;1-3-5-6-8-9-7-4-2/h5-9,11,15H,2-4,10,12H2,1H3;4-11H2,1-3H3;3-8H2,1-2H3. The molecule has 1 saturated carbocycles. The molecule has 1 heterocycles. The molecular formula is C37H63F3N2O. The maximum atomic E-state index is 12.4. The van der Waals surface area contributed by atoms with Crippen molar-refractivity contribution in [2.75, 3.05) is 44.3 Å². The second kappa shape index (κ2) is 23.6. The summed E-state index contributed by atoms with van der Waals surface area (Å²) in [5.74, 6) is 0.596. The molecule has 1 aliphatic carbocycles. The minimum atomic E-state index is -4.15. The average molecular weight is 609 g/mol. The van der Waals surface area contributed by atoms with E-state index in [4.69, 9.17) is 4.74 Å². The highest BCUT2D eigenvalue weighted by atomic mass is 19.4. The molecule has 0 unspecified atom stereocenters. The Morgan fingerprint density at radius 2 is 1.42 bits per heavy atom. The van der Waals surface area contributed by atoms with E-state index >= 15 is 0 Å². The highest BCUT2D eigenvalue weighted by Gasteiger charge is 2.29. The number of alkyl halides is 3. The summed E-state index contributed by atoms with van der Waals surface area (Å²) in [6.07, 6.45) is 14.7. The highest BCUT2D eigenvalue weighted by molar-refractivity contribution is 5.57. The molecule has 0 aromatic heterocycles. The zero-order valence-corrected chi connectivity index (χ0v) is 28.4. The van der Waals surface area contributed by atoms with Gasteiger partial charge >= 0.3 is 6.18 Å². The van der Waals surface area contributed by atoms with Gasteiger partial charge in [-0.05, 0) is 101 Å². The van der Waals surface area contributed by atoms with Gasteiger partial charge in [0, 0.05) is 31.1 Å². The van der Waals surface area contributed by atoms with E-state index < -0.39 is 12.6 Å². The molecule has 0 radical (unpaired) electrons. The van der Waals surface area contributed by atoms with Crippen molar-refractivity contribution in [3.05, 3.63) is 53.3 Å². The predicted octanol–water partition coefficient (Wildman–Crippen LogP) is 11.1. The van der Waals surface area contributed by atoms with Crippen LogP contribution in [0.5, 0.6) is 0 Å². The fourth-order valence-corrected chi connectivity index (χ4v) is 5.29. The fraction of sp³-hybridized carbons (Fsp3) is 0.730. The number of allylic oxidation sites excluding steroid dienone is 3. The van der Waals surface area contributed by atoms with Gasteiger partial charge in [0.05, 0.1) is 6.42 Å². The summed E-state index contributed by atoms with van der Waals surface area (Å²) >= 11 is 0. The first kappa shape index (κ1) is 39.2. The molecule has 43 heavy (non-hydrogen) atoms. The topological polar surface area (TPSA) is 15.7 Å². The fourth-order valence-electron chi connectivity index (χ4n) is 5.29. The Bertz CT molecular complexity index is 863. The van der Waals surface area contributed by atoms with Gasteiger partial charge in [-0.3, -0.25) is 0 Å². The van der Waals surface area contributed by atoms with Gasteiger partial charge in [0.1, 0.15) is 0 Å². The lowest BCUT2D eigenvalue weighted by molar-refractivity contribution is -0.127. The van der Waals surface area contributed by atoms with Crippen LogP contribution in [0.3, 0.4) is 0 Å². The number of halogens is 3. The van der Waals surface area contributed by atoms with Crippen LogP contribution in [-0.4, -0.2) is 50.5 Å². The Hall–Kier alpha value is -1.79. The summed E-state index contributed by atoms with van der Waals surface area (Å²) < 4.78 is 42.6. The molecule has 0 atom stereocenters. The minimum absolute atomic E-state index is 0.314. The van der Waals surface area contributed by atoms with Crippen molar-refractivity contribution in [2.45, 2.75) is 131 Å². The van der Waals surface area contributed by atoms with E-state index in [2.05, 4.69) is 63.5 Å². The van der Waals surface area contributed by atoms with Crippen molar-refractivity contribution < 1.29 is 17.9 Å². The molecule has 0 bridgehead atoms. The molecule has 248 valence electrons. The van der Waals surface area contributed by atoms with E-state index in [9.17, 15) is 13.2 Å². The van der Waals surface area contributed by atoms with Crippen LogP contribution in [0.25, 0.3) is 0 Å². The van der Waals surface area contributed by atoms with Crippen LogP contribution in [0.4, 0.5) is 18.9 Å². The highest BCUT2D eigenvalue weighted by Crippen LogP contribution is 2.39. The van der Waals surface area contributed by atoms with Crippen LogP contribution >= 0.6 is 0 Å². The normalized spacial score (nSPS) is 15.2. The summed E-state index contributed by atoms with van der Waals surface area (Å²) in [4.78, 5) is 4.82. The van der Waals surface area contributed by atoms with Crippen LogP contribution in [0, 0.1) is 5.92 Å². The maximum Gasteiger partial charge on any atom is 0.393 e. The molecule has 3 nitrogen and oxygen atoms in total. The summed E-state index contributed by atoms with van der Waals surface area (Å²) in [6.45, 7) is 19.8. The number of benzene rings is 1. The Kier molecular flexibility index (Phi) is 21.5. The van der Waals surface area contributed by atoms with Gasteiger partial charge in [-0.1, -0.05) is 90.5 Å². The van der Waals surface area contributed by atoms with Crippen LogP contribution < -0.4 is 4.90 Å². The summed E-state index contributed by atoms with van der Waals surface area (Å²) in [5.41, 5.74) is 3.88. The van der Waals surface area contributed by atoms with Gasteiger partial charge in [0.2, 0.25) is 0 Å². The van der Waals surface area contributed by atoms with Crippen molar-refractivity contribution >= 4 is 5.69 Å².